The van der Waals surface area contributed by atoms with Crippen LogP contribution >= 0.6 is 0 Å². The van der Waals surface area contributed by atoms with Gasteiger partial charge in [0.25, 0.3) is 0 Å². The van der Waals surface area contributed by atoms with Gasteiger partial charge in [0.05, 0.1) is 10.6 Å². The third-order valence-corrected chi connectivity index (χ3v) is 6.88. The molecule has 1 aliphatic heterocycles. The van der Waals surface area contributed by atoms with Crippen LogP contribution in [0.5, 0.6) is 0 Å². The Morgan fingerprint density at radius 3 is 2.45 bits per heavy atom. The molecule has 1 aliphatic rings. The molecule has 1 aromatic carbocycles. The molecule has 0 bridgehead atoms. The number of aliphatic imine (C=N–C) groups is 1. The monoisotopic (exact) mass is 422 g/mol. The van der Waals surface area contributed by atoms with Crippen molar-refractivity contribution in [1.82, 2.24) is 15.5 Å². The smallest absolute Gasteiger partial charge is 0.222 e. The van der Waals surface area contributed by atoms with E-state index >= 15 is 0 Å². The summed E-state index contributed by atoms with van der Waals surface area (Å²) in [6.45, 7) is 9.79. The molecule has 0 saturated carbocycles. The van der Waals surface area contributed by atoms with Crippen molar-refractivity contribution in [3.8, 4) is 0 Å². The molecule has 2 rings (SSSR count). The van der Waals surface area contributed by atoms with Crippen molar-refractivity contribution < 1.29 is 13.2 Å². The largest absolute Gasteiger partial charge is 0.355 e. The summed E-state index contributed by atoms with van der Waals surface area (Å²) in [4.78, 5) is 18.1. The second kappa shape index (κ2) is 9.61. The van der Waals surface area contributed by atoms with Crippen molar-refractivity contribution in [1.29, 1.82) is 0 Å². The van der Waals surface area contributed by atoms with E-state index in [1.165, 1.54) is 0 Å². The number of hydrogen-bond donors (Lipinski definition) is 2. The van der Waals surface area contributed by atoms with Gasteiger partial charge in [-0.3, -0.25) is 9.79 Å². The van der Waals surface area contributed by atoms with Gasteiger partial charge in [0.15, 0.2) is 15.8 Å². The number of nitrogens with one attached hydrogen (secondary N) is 2. The molecule has 1 saturated heterocycles. The Kier molecular flexibility index (Phi) is 7.68. The maximum Gasteiger partial charge on any atom is 0.222 e. The Hall–Kier alpha value is -2.09. The van der Waals surface area contributed by atoms with Crippen LogP contribution in [0.3, 0.4) is 0 Å². The highest BCUT2D eigenvalue weighted by Crippen LogP contribution is 2.23. The molecule has 29 heavy (non-hydrogen) atoms. The predicted molar refractivity (Wildman–Crippen MR) is 117 cm³/mol. The molecule has 1 aromatic rings. The Bertz CT molecular complexity index is 826. The SMILES string of the molecule is CCC(=O)N1CCC(NC(=NC)NCCS(=O)(=O)c2ccc(C(C)(C)C)cc2)C1. The summed E-state index contributed by atoms with van der Waals surface area (Å²) in [6.07, 6.45) is 1.36. The molecular formula is C21H34N4O3S. The van der Waals surface area contributed by atoms with Gasteiger partial charge in [0.1, 0.15) is 0 Å². The number of likely N-dealkylation sites (tertiary alicyclic amines) is 1. The lowest BCUT2D eigenvalue weighted by Crippen LogP contribution is -2.46. The molecule has 1 amide bonds. The first-order valence-electron chi connectivity index (χ1n) is 10.1. The number of amides is 1. The van der Waals surface area contributed by atoms with Gasteiger partial charge >= 0.3 is 0 Å². The van der Waals surface area contributed by atoms with E-state index in [1.54, 1.807) is 19.2 Å². The number of nitrogens with zero attached hydrogens (tertiary/aromatic N) is 2. The van der Waals surface area contributed by atoms with Crippen molar-refractivity contribution in [3.63, 3.8) is 0 Å². The highest BCUT2D eigenvalue weighted by atomic mass is 32.2. The summed E-state index contributed by atoms with van der Waals surface area (Å²) >= 11 is 0. The molecule has 2 N–H and O–H groups in total. The molecule has 1 fully saturated rings. The topological polar surface area (TPSA) is 90.9 Å². The Morgan fingerprint density at radius 2 is 1.90 bits per heavy atom. The fourth-order valence-electron chi connectivity index (χ4n) is 3.30. The number of hydrogen-bond acceptors (Lipinski definition) is 4. The molecular weight excluding hydrogens is 388 g/mol. The van der Waals surface area contributed by atoms with Crippen LogP contribution in [-0.2, 0) is 20.0 Å². The molecule has 0 radical (unpaired) electrons. The van der Waals surface area contributed by atoms with Crippen molar-refractivity contribution in [2.24, 2.45) is 4.99 Å². The van der Waals surface area contributed by atoms with Gasteiger partial charge in [0.2, 0.25) is 5.91 Å². The lowest BCUT2D eigenvalue weighted by atomic mass is 9.87. The minimum absolute atomic E-state index is 0.0143. The van der Waals surface area contributed by atoms with Crippen LogP contribution in [-0.4, -0.2) is 63.7 Å². The van der Waals surface area contributed by atoms with Crippen LogP contribution in [0.25, 0.3) is 0 Å². The van der Waals surface area contributed by atoms with E-state index in [-0.39, 0.29) is 29.7 Å². The van der Waals surface area contributed by atoms with Gasteiger partial charge in [0, 0.05) is 39.1 Å². The standard InChI is InChI=1S/C21H34N4O3S/c1-6-19(26)25-13-11-17(15-25)24-20(22-5)23-12-14-29(27,28)18-9-7-16(8-10-18)21(2,3)4/h7-10,17H,6,11-15H2,1-5H3,(H2,22,23,24). The van der Waals surface area contributed by atoms with Gasteiger partial charge < -0.3 is 15.5 Å². The fraction of sp³-hybridized carbons (Fsp3) is 0.619. The van der Waals surface area contributed by atoms with Crippen LogP contribution in [0.2, 0.25) is 0 Å². The fourth-order valence-corrected chi connectivity index (χ4v) is 4.46. The number of benzene rings is 1. The first-order chi connectivity index (χ1) is 13.6. The number of guanidine groups is 1. The first-order valence-corrected chi connectivity index (χ1v) is 11.8. The summed E-state index contributed by atoms with van der Waals surface area (Å²) < 4.78 is 25.2. The van der Waals surface area contributed by atoms with E-state index in [1.807, 2.05) is 24.0 Å². The lowest BCUT2D eigenvalue weighted by molar-refractivity contribution is -0.129. The maximum absolute atomic E-state index is 12.6. The van der Waals surface area contributed by atoms with E-state index in [0.717, 1.165) is 18.5 Å². The minimum atomic E-state index is -3.38. The van der Waals surface area contributed by atoms with Crippen molar-refractivity contribution >= 4 is 21.7 Å². The van der Waals surface area contributed by atoms with Crippen molar-refractivity contribution in [2.75, 3.05) is 32.4 Å². The van der Waals surface area contributed by atoms with Crippen LogP contribution < -0.4 is 10.6 Å². The van der Waals surface area contributed by atoms with Gasteiger partial charge in [-0.15, -0.1) is 0 Å². The van der Waals surface area contributed by atoms with E-state index in [9.17, 15) is 13.2 Å². The minimum Gasteiger partial charge on any atom is -0.355 e. The van der Waals surface area contributed by atoms with Crippen molar-refractivity contribution in [2.45, 2.75) is 56.9 Å². The molecule has 0 spiro atoms. The number of rotatable bonds is 6. The average Bonchev–Trinajstić information content (AvgIpc) is 3.14. The van der Waals surface area contributed by atoms with Gasteiger partial charge in [-0.25, -0.2) is 8.42 Å². The van der Waals surface area contributed by atoms with E-state index in [4.69, 9.17) is 0 Å². The lowest BCUT2D eigenvalue weighted by Gasteiger charge is -2.19. The molecule has 1 atom stereocenters. The van der Waals surface area contributed by atoms with Crippen LogP contribution in [0, 0.1) is 0 Å². The van der Waals surface area contributed by atoms with Gasteiger partial charge in [-0.1, -0.05) is 39.8 Å². The second-order valence-electron chi connectivity index (χ2n) is 8.42. The summed E-state index contributed by atoms with van der Waals surface area (Å²) in [7, 11) is -1.72. The molecule has 162 valence electrons. The van der Waals surface area contributed by atoms with Crippen LogP contribution in [0.1, 0.15) is 46.1 Å². The van der Waals surface area contributed by atoms with Crippen molar-refractivity contribution in [3.05, 3.63) is 29.8 Å². The maximum atomic E-state index is 12.6. The molecule has 8 heteroatoms. The zero-order valence-corrected chi connectivity index (χ0v) is 19.0. The molecule has 1 heterocycles. The molecule has 7 nitrogen and oxygen atoms in total. The Morgan fingerprint density at radius 1 is 1.24 bits per heavy atom. The zero-order chi connectivity index (χ0) is 21.7. The zero-order valence-electron chi connectivity index (χ0n) is 18.2. The summed E-state index contributed by atoms with van der Waals surface area (Å²) in [6, 6.07) is 7.24. The van der Waals surface area contributed by atoms with E-state index in [2.05, 4.69) is 36.4 Å². The normalized spacial score (nSPS) is 18.0. The van der Waals surface area contributed by atoms with Gasteiger partial charge in [-0.05, 0) is 29.5 Å². The van der Waals surface area contributed by atoms with Crippen LogP contribution in [0.4, 0.5) is 0 Å². The summed E-state index contributed by atoms with van der Waals surface area (Å²) in [5, 5.41) is 6.35. The Labute approximate surface area is 174 Å². The highest BCUT2D eigenvalue weighted by Gasteiger charge is 2.26. The average molecular weight is 423 g/mol. The third-order valence-electron chi connectivity index (χ3n) is 5.15. The third kappa shape index (κ3) is 6.45. The summed E-state index contributed by atoms with van der Waals surface area (Å²) in [5.74, 6) is 0.688. The van der Waals surface area contributed by atoms with Gasteiger partial charge in [-0.2, -0.15) is 0 Å². The molecule has 0 aromatic heterocycles. The summed E-state index contributed by atoms with van der Waals surface area (Å²) in [5.41, 5.74) is 1.09. The van der Waals surface area contributed by atoms with E-state index < -0.39 is 9.84 Å². The predicted octanol–water partition coefficient (Wildman–Crippen LogP) is 1.93. The Balaban J connectivity index is 1.86. The number of carbonyl (C=O) groups excluding carboxylic acids is 1. The second-order valence-corrected chi connectivity index (χ2v) is 10.5. The van der Waals surface area contributed by atoms with Crippen LogP contribution in [0.15, 0.2) is 34.2 Å². The molecule has 0 aliphatic carbocycles. The molecule has 1 unspecified atom stereocenters. The highest BCUT2D eigenvalue weighted by molar-refractivity contribution is 7.91. The number of sulfone groups is 1. The first kappa shape index (κ1) is 23.2. The quantitative estimate of drug-likeness (QED) is 0.540. The number of carbonyl (C=O) groups is 1. The van der Waals surface area contributed by atoms with E-state index in [0.29, 0.717) is 23.8 Å².